The van der Waals surface area contributed by atoms with Crippen LogP contribution in [0.5, 0.6) is 11.5 Å². The van der Waals surface area contributed by atoms with E-state index in [1.807, 2.05) is 25.1 Å². The number of carbonyl (C=O) groups is 1. The van der Waals surface area contributed by atoms with Gasteiger partial charge in [-0.1, -0.05) is 12.1 Å². The predicted octanol–water partition coefficient (Wildman–Crippen LogP) is 3.20. The van der Waals surface area contributed by atoms with Gasteiger partial charge in [0.1, 0.15) is 13.2 Å². The molecule has 0 radical (unpaired) electrons. The van der Waals surface area contributed by atoms with Gasteiger partial charge in [-0.05, 0) is 30.7 Å². The van der Waals surface area contributed by atoms with Crippen LogP contribution in [-0.4, -0.2) is 29.0 Å². The second kappa shape index (κ2) is 5.31. The molecule has 0 saturated heterocycles. The molecular formula is C17H15N3O3. The molecule has 1 amide bonds. The quantitative estimate of drug-likeness (QED) is 0.749. The van der Waals surface area contributed by atoms with Gasteiger partial charge in [-0.25, -0.2) is 4.79 Å². The number of anilines is 1. The molecule has 0 aliphatic carbocycles. The topological polar surface area (TPSA) is 65.4 Å². The number of rotatable bonds is 1. The highest BCUT2D eigenvalue weighted by molar-refractivity contribution is 5.97. The zero-order valence-corrected chi connectivity index (χ0v) is 12.6. The zero-order chi connectivity index (χ0) is 15.8. The van der Waals surface area contributed by atoms with Crippen molar-refractivity contribution in [2.75, 3.05) is 18.5 Å². The molecule has 116 valence electrons. The summed E-state index contributed by atoms with van der Waals surface area (Å²) in [6, 6.07) is 10.9. The van der Waals surface area contributed by atoms with E-state index < -0.39 is 0 Å². The van der Waals surface area contributed by atoms with E-state index in [1.165, 1.54) is 4.68 Å². The third-order valence-corrected chi connectivity index (χ3v) is 3.71. The number of nitrogens with zero attached hydrogens (tertiary/aromatic N) is 2. The molecule has 0 atom stereocenters. The van der Waals surface area contributed by atoms with Gasteiger partial charge in [-0.15, -0.1) is 0 Å². The van der Waals surface area contributed by atoms with Crippen molar-refractivity contribution in [3.63, 3.8) is 0 Å². The van der Waals surface area contributed by atoms with Crippen molar-refractivity contribution in [1.29, 1.82) is 0 Å². The van der Waals surface area contributed by atoms with Crippen LogP contribution in [0.25, 0.3) is 10.9 Å². The van der Waals surface area contributed by atoms with Gasteiger partial charge in [0.2, 0.25) is 0 Å². The maximum absolute atomic E-state index is 12.5. The first-order valence-electron chi connectivity index (χ1n) is 7.36. The SMILES string of the molecule is Cc1ccc2cnn(C(=O)Nc3ccc4c(c3)OCCO4)c2c1. The number of aromatic nitrogens is 2. The van der Waals surface area contributed by atoms with E-state index in [0.717, 1.165) is 16.5 Å². The lowest BCUT2D eigenvalue weighted by Crippen LogP contribution is -2.21. The average molecular weight is 309 g/mol. The number of ether oxygens (including phenoxy) is 2. The highest BCUT2D eigenvalue weighted by Crippen LogP contribution is 2.32. The first kappa shape index (κ1) is 13.6. The fourth-order valence-electron chi connectivity index (χ4n) is 2.59. The van der Waals surface area contributed by atoms with E-state index in [0.29, 0.717) is 30.4 Å². The van der Waals surface area contributed by atoms with Crippen molar-refractivity contribution < 1.29 is 14.3 Å². The molecule has 1 aliphatic rings. The molecule has 2 heterocycles. The smallest absolute Gasteiger partial charge is 0.347 e. The number of hydrogen-bond donors (Lipinski definition) is 1. The number of fused-ring (bicyclic) bond motifs is 2. The van der Waals surface area contributed by atoms with Crippen molar-refractivity contribution in [3.05, 3.63) is 48.2 Å². The molecule has 6 nitrogen and oxygen atoms in total. The van der Waals surface area contributed by atoms with Crippen molar-refractivity contribution in [2.45, 2.75) is 6.92 Å². The molecule has 4 rings (SSSR count). The van der Waals surface area contributed by atoms with Crippen molar-refractivity contribution >= 4 is 22.6 Å². The van der Waals surface area contributed by atoms with Gasteiger partial charge in [-0.3, -0.25) is 0 Å². The lowest BCUT2D eigenvalue weighted by atomic mass is 10.2. The molecule has 23 heavy (non-hydrogen) atoms. The normalized spacial score (nSPS) is 13.1. The summed E-state index contributed by atoms with van der Waals surface area (Å²) in [5.41, 5.74) is 2.49. The van der Waals surface area contributed by atoms with E-state index in [2.05, 4.69) is 10.4 Å². The fraction of sp³-hybridized carbons (Fsp3) is 0.176. The van der Waals surface area contributed by atoms with E-state index in [-0.39, 0.29) is 6.03 Å². The highest BCUT2D eigenvalue weighted by atomic mass is 16.6. The Labute approximate surface area is 132 Å². The molecule has 1 aliphatic heterocycles. The number of nitrogens with one attached hydrogen (secondary N) is 1. The minimum Gasteiger partial charge on any atom is -0.486 e. The van der Waals surface area contributed by atoms with Crippen LogP contribution in [0.2, 0.25) is 0 Å². The molecule has 0 bridgehead atoms. The monoisotopic (exact) mass is 309 g/mol. The average Bonchev–Trinajstić information content (AvgIpc) is 2.98. The standard InChI is InChI=1S/C17H15N3O3/c1-11-2-3-12-10-18-20(14(12)8-11)17(21)19-13-4-5-15-16(9-13)23-7-6-22-15/h2-5,8-10H,6-7H2,1H3,(H,19,21). The van der Waals surface area contributed by atoms with Gasteiger partial charge >= 0.3 is 6.03 Å². The van der Waals surface area contributed by atoms with E-state index in [4.69, 9.17) is 9.47 Å². The van der Waals surface area contributed by atoms with Crippen LogP contribution < -0.4 is 14.8 Å². The molecule has 6 heteroatoms. The summed E-state index contributed by atoms with van der Waals surface area (Å²) >= 11 is 0. The van der Waals surface area contributed by atoms with Crippen LogP contribution in [0.15, 0.2) is 42.6 Å². The molecule has 1 aromatic heterocycles. The Hall–Kier alpha value is -3.02. The molecule has 3 aromatic rings. The molecule has 1 N–H and O–H groups in total. The second-order valence-corrected chi connectivity index (χ2v) is 5.41. The van der Waals surface area contributed by atoms with E-state index >= 15 is 0 Å². The van der Waals surface area contributed by atoms with Crippen LogP contribution in [0, 0.1) is 6.92 Å². The lowest BCUT2D eigenvalue weighted by molar-refractivity contribution is 0.171. The number of aryl methyl sites for hydroxylation is 1. The Morgan fingerprint density at radius 1 is 1.13 bits per heavy atom. The van der Waals surface area contributed by atoms with Crippen LogP contribution in [0.4, 0.5) is 10.5 Å². The second-order valence-electron chi connectivity index (χ2n) is 5.41. The van der Waals surface area contributed by atoms with Crippen molar-refractivity contribution in [3.8, 4) is 11.5 Å². The molecule has 0 unspecified atom stereocenters. The molecule has 0 saturated carbocycles. The van der Waals surface area contributed by atoms with Crippen molar-refractivity contribution in [1.82, 2.24) is 9.78 Å². The summed E-state index contributed by atoms with van der Waals surface area (Å²) in [7, 11) is 0. The maximum Gasteiger partial charge on any atom is 0.347 e. The Morgan fingerprint density at radius 3 is 2.83 bits per heavy atom. The van der Waals surface area contributed by atoms with Gasteiger partial charge < -0.3 is 14.8 Å². The van der Waals surface area contributed by atoms with Gasteiger partial charge in [0.15, 0.2) is 11.5 Å². The van der Waals surface area contributed by atoms with Gasteiger partial charge in [-0.2, -0.15) is 9.78 Å². The highest BCUT2D eigenvalue weighted by Gasteiger charge is 2.15. The largest absolute Gasteiger partial charge is 0.486 e. The Bertz CT molecular complexity index is 901. The van der Waals surface area contributed by atoms with Gasteiger partial charge in [0, 0.05) is 17.1 Å². The third-order valence-electron chi connectivity index (χ3n) is 3.71. The van der Waals surface area contributed by atoms with Crippen LogP contribution in [-0.2, 0) is 0 Å². The van der Waals surface area contributed by atoms with Crippen LogP contribution >= 0.6 is 0 Å². The Balaban J connectivity index is 1.63. The maximum atomic E-state index is 12.5. The third kappa shape index (κ3) is 2.48. The summed E-state index contributed by atoms with van der Waals surface area (Å²) < 4.78 is 12.4. The molecule has 2 aromatic carbocycles. The minimum atomic E-state index is -0.317. The lowest BCUT2D eigenvalue weighted by Gasteiger charge is -2.19. The summed E-state index contributed by atoms with van der Waals surface area (Å²) in [4.78, 5) is 12.5. The number of hydrogen-bond acceptors (Lipinski definition) is 4. The van der Waals surface area contributed by atoms with Gasteiger partial charge in [0.05, 0.1) is 11.7 Å². The summed E-state index contributed by atoms with van der Waals surface area (Å²) in [5.74, 6) is 1.32. The summed E-state index contributed by atoms with van der Waals surface area (Å²) in [5, 5.41) is 7.92. The van der Waals surface area contributed by atoms with E-state index in [9.17, 15) is 4.79 Å². The number of benzene rings is 2. The first-order valence-corrected chi connectivity index (χ1v) is 7.36. The molecule has 0 spiro atoms. The fourth-order valence-corrected chi connectivity index (χ4v) is 2.59. The van der Waals surface area contributed by atoms with Crippen LogP contribution in [0.1, 0.15) is 5.56 Å². The minimum absolute atomic E-state index is 0.317. The predicted molar refractivity (Wildman–Crippen MR) is 86.3 cm³/mol. The van der Waals surface area contributed by atoms with Crippen LogP contribution in [0.3, 0.4) is 0 Å². The Morgan fingerprint density at radius 2 is 1.96 bits per heavy atom. The van der Waals surface area contributed by atoms with Crippen molar-refractivity contribution in [2.24, 2.45) is 0 Å². The first-order chi connectivity index (χ1) is 11.2. The molecule has 0 fully saturated rings. The molecular weight excluding hydrogens is 294 g/mol. The van der Waals surface area contributed by atoms with E-state index in [1.54, 1.807) is 24.4 Å². The van der Waals surface area contributed by atoms with Gasteiger partial charge in [0.25, 0.3) is 0 Å². The Kier molecular flexibility index (Phi) is 3.15. The number of amides is 1. The zero-order valence-electron chi connectivity index (χ0n) is 12.6. The summed E-state index contributed by atoms with van der Waals surface area (Å²) in [6.45, 7) is 3.03. The number of carbonyl (C=O) groups excluding carboxylic acids is 1. The summed E-state index contributed by atoms with van der Waals surface area (Å²) in [6.07, 6.45) is 1.68.